The molecular weight excluding hydrogens is 438 g/mol. The molecule has 0 saturated carbocycles. The molecule has 0 amide bonds. The number of thiazole rings is 1. The number of hydrogen-bond donors (Lipinski definition) is 0. The van der Waals surface area contributed by atoms with Gasteiger partial charge in [-0.25, -0.2) is 4.98 Å². The van der Waals surface area contributed by atoms with Gasteiger partial charge in [0.25, 0.3) is 0 Å². The van der Waals surface area contributed by atoms with Crippen LogP contribution >= 0.6 is 22.7 Å². The summed E-state index contributed by atoms with van der Waals surface area (Å²) < 4.78 is 12.5. The molecule has 2 heterocycles. The van der Waals surface area contributed by atoms with Crippen LogP contribution in [0.4, 0.5) is 0 Å². The lowest BCUT2D eigenvalue weighted by Crippen LogP contribution is -2.03. The molecule has 0 spiro atoms. The van der Waals surface area contributed by atoms with Crippen LogP contribution in [0.25, 0.3) is 42.4 Å². The summed E-state index contributed by atoms with van der Waals surface area (Å²) in [5, 5.41) is 4.18. The van der Waals surface area contributed by atoms with Gasteiger partial charge in [-0.2, -0.15) is 0 Å². The van der Waals surface area contributed by atoms with Gasteiger partial charge in [-0.05, 0) is 18.2 Å². The van der Waals surface area contributed by atoms with Crippen LogP contribution in [-0.2, 0) is 4.79 Å². The number of methoxy groups -OCH3 is 1. The average molecular weight is 458 g/mol. The Morgan fingerprint density at radius 1 is 0.906 bits per heavy atom. The second-order valence-electron chi connectivity index (χ2n) is 7.14. The Bertz CT molecular complexity index is 1420. The van der Waals surface area contributed by atoms with Crippen molar-refractivity contribution < 1.29 is 14.3 Å². The first-order chi connectivity index (χ1) is 15.7. The van der Waals surface area contributed by atoms with Crippen molar-refractivity contribution >= 4 is 38.7 Å². The van der Waals surface area contributed by atoms with Gasteiger partial charge in [0.2, 0.25) is 0 Å². The number of fused-ring (bicyclic) bond motifs is 1. The molecule has 0 saturated heterocycles. The van der Waals surface area contributed by atoms with E-state index in [0.717, 1.165) is 37.7 Å². The van der Waals surface area contributed by atoms with Gasteiger partial charge in [0.1, 0.15) is 16.5 Å². The van der Waals surface area contributed by atoms with Crippen molar-refractivity contribution in [1.29, 1.82) is 0 Å². The second-order valence-corrected chi connectivity index (χ2v) is 9.05. The molecule has 0 aliphatic carbocycles. The molecule has 0 atom stereocenters. The predicted molar refractivity (Wildman–Crippen MR) is 132 cm³/mol. The van der Waals surface area contributed by atoms with E-state index >= 15 is 0 Å². The molecule has 0 bridgehead atoms. The molecule has 0 unspecified atom stereocenters. The lowest BCUT2D eigenvalue weighted by molar-refractivity contribution is -0.131. The number of carbonyl (C=O) groups is 1. The molecule has 0 aliphatic heterocycles. The Labute approximate surface area is 193 Å². The molecule has 158 valence electrons. The first kappa shape index (κ1) is 20.4. The standard InChI is InChI=1S/C26H19NO3S2/c1-16(28)30-21-13-8-12-20(29-2)23(21)25-24(19-15-31-22-14-7-6-11-18(19)22)27-26(32-25)17-9-4-3-5-10-17/h3-15H,1-2H3. The maximum Gasteiger partial charge on any atom is 0.308 e. The number of ether oxygens (including phenoxy) is 2. The van der Waals surface area contributed by atoms with Crippen LogP contribution in [0.2, 0.25) is 0 Å². The van der Waals surface area contributed by atoms with Gasteiger partial charge in [0.05, 0.1) is 23.2 Å². The fourth-order valence-electron chi connectivity index (χ4n) is 3.68. The first-order valence-corrected chi connectivity index (χ1v) is 11.7. The maximum atomic E-state index is 11.8. The van der Waals surface area contributed by atoms with E-state index in [-0.39, 0.29) is 5.97 Å². The van der Waals surface area contributed by atoms with E-state index in [1.165, 1.54) is 11.6 Å². The largest absolute Gasteiger partial charge is 0.496 e. The van der Waals surface area contributed by atoms with E-state index in [9.17, 15) is 4.79 Å². The number of carbonyl (C=O) groups excluding carboxylic acids is 1. The van der Waals surface area contributed by atoms with Crippen molar-refractivity contribution in [2.24, 2.45) is 0 Å². The van der Waals surface area contributed by atoms with Crippen LogP contribution in [0.15, 0.2) is 78.2 Å². The molecule has 0 radical (unpaired) electrons. The van der Waals surface area contributed by atoms with Crippen LogP contribution < -0.4 is 9.47 Å². The SMILES string of the molecule is COc1cccc(OC(C)=O)c1-c1sc(-c2ccccc2)nc1-c1csc2ccccc12. The van der Waals surface area contributed by atoms with E-state index in [0.29, 0.717) is 11.5 Å². The number of benzene rings is 3. The van der Waals surface area contributed by atoms with E-state index < -0.39 is 0 Å². The Balaban J connectivity index is 1.81. The van der Waals surface area contributed by atoms with Gasteiger partial charge in [0.15, 0.2) is 0 Å². The minimum Gasteiger partial charge on any atom is -0.496 e. The highest BCUT2D eigenvalue weighted by molar-refractivity contribution is 7.19. The summed E-state index contributed by atoms with van der Waals surface area (Å²) in [5.41, 5.74) is 3.67. The summed E-state index contributed by atoms with van der Waals surface area (Å²) in [6.07, 6.45) is 0. The monoisotopic (exact) mass is 457 g/mol. The summed E-state index contributed by atoms with van der Waals surface area (Å²) in [6.45, 7) is 1.40. The van der Waals surface area contributed by atoms with Crippen molar-refractivity contribution in [2.45, 2.75) is 6.92 Å². The highest BCUT2D eigenvalue weighted by atomic mass is 32.1. The Morgan fingerprint density at radius 3 is 2.44 bits per heavy atom. The summed E-state index contributed by atoms with van der Waals surface area (Å²) in [5.74, 6) is 0.712. The number of aromatic nitrogens is 1. The molecule has 6 heteroatoms. The lowest BCUT2D eigenvalue weighted by atomic mass is 10.0. The van der Waals surface area contributed by atoms with E-state index in [2.05, 4.69) is 17.5 Å². The fraction of sp³-hybridized carbons (Fsp3) is 0.0769. The second kappa shape index (κ2) is 8.57. The zero-order chi connectivity index (χ0) is 22.1. The maximum absolute atomic E-state index is 11.8. The van der Waals surface area contributed by atoms with Crippen LogP contribution in [0, 0.1) is 0 Å². The number of thiophene rings is 1. The minimum absolute atomic E-state index is 0.380. The molecule has 0 fully saturated rings. The first-order valence-electron chi connectivity index (χ1n) is 10.0. The molecule has 5 rings (SSSR count). The lowest BCUT2D eigenvalue weighted by Gasteiger charge is -2.13. The summed E-state index contributed by atoms with van der Waals surface area (Å²) >= 11 is 3.26. The minimum atomic E-state index is -0.380. The van der Waals surface area contributed by atoms with Gasteiger partial charge >= 0.3 is 5.97 Å². The highest BCUT2D eigenvalue weighted by Crippen LogP contribution is 2.49. The van der Waals surface area contributed by atoms with Gasteiger partial charge in [-0.1, -0.05) is 54.6 Å². The Hall–Kier alpha value is -3.48. The van der Waals surface area contributed by atoms with Crippen LogP contribution in [0.5, 0.6) is 11.5 Å². The molecule has 32 heavy (non-hydrogen) atoms. The fourth-order valence-corrected chi connectivity index (χ4v) is 5.77. The molecule has 3 aromatic carbocycles. The van der Waals surface area contributed by atoms with Gasteiger partial charge < -0.3 is 9.47 Å². The molecule has 5 aromatic rings. The Morgan fingerprint density at radius 2 is 1.66 bits per heavy atom. The quantitative estimate of drug-likeness (QED) is 0.205. The van der Waals surface area contributed by atoms with Crippen LogP contribution in [-0.4, -0.2) is 18.1 Å². The molecular formula is C26H19NO3S2. The summed E-state index contributed by atoms with van der Waals surface area (Å²) in [7, 11) is 1.62. The van der Waals surface area contributed by atoms with E-state index in [4.69, 9.17) is 14.5 Å². The van der Waals surface area contributed by atoms with Crippen molar-refractivity contribution in [3.8, 4) is 43.8 Å². The van der Waals surface area contributed by atoms with Gasteiger partial charge in [-0.3, -0.25) is 4.79 Å². The summed E-state index contributed by atoms with van der Waals surface area (Å²) in [4.78, 5) is 17.8. The van der Waals surface area contributed by atoms with Crippen molar-refractivity contribution in [1.82, 2.24) is 4.98 Å². The number of hydrogen-bond acceptors (Lipinski definition) is 6. The number of nitrogens with zero attached hydrogens (tertiary/aromatic N) is 1. The van der Waals surface area contributed by atoms with Crippen molar-refractivity contribution in [3.05, 3.63) is 78.2 Å². The average Bonchev–Trinajstić information content (AvgIpc) is 3.43. The predicted octanol–water partition coefficient (Wildman–Crippen LogP) is 7.29. The molecule has 0 aliphatic rings. The van der Waals surface area contributed by atoms with Crippen LogP contribution in [0.1, 0.15) is 6.92 Å². The van der Waals surface area contributed by atoms with Crippen molar-refractivity contribution in [3.63, 3.8) is 0 Å². The number of rotatable bonds is 5. The molecule has 2 aromatic heterocycles. The third kappa shape index (κ3) is 3.68. The number of esters is 1. The normalized spacial score (nSPS) is 10.9. The van der Waals surface area contributed by atoms with E-state index in [1.54, 1.807) is 35.8 Å². The topological polar surface area (TPSA) is 48.4 Å². The zero-order valence-corrected chi connectivity index (χ0v) is 19.1. The van der Waals surface area contributed by atoms with Crippen molar-refractivity contribution in [2.75, 3.05) is 7.11 Å². The highest BCUT2D eigenvalue weighted by Gasteiger charge is 2.24. The van der Waals surface area contributed by atoms with Gasteiger partial charge in [0, 0.05) is 33.5 Å². The zero-order valence-electron chi connectivity index (χ0n) is 17.5. The molecule has 0 N–H and O–H groups in total. The Kier molecular flexibility index (Phi) is 5.47. The summed E-state index contributed by atoms with van der Waals surface area (Å²) in [6, 6.07) is 23.9. The molecule has 4 nitrogen and oxygen atoms in total. The third-order valence-electron chi connectivity index (χ3n) is 5.07. The van der Waals surface area contributed by atoms with E-state index in [1.807, 2.05) is 54.6 Å². The van der Waals surface area contributed by atoms with Gasteiger partial charge in [-0.15, -0.1) is 22.7 Å². The smallest absolute Gasteiger partial charge is 0.308 e. The van der Waals surface area contributed by atoms with Crippen LogP contribution in [0.3, 0.4) is 0 Å². The third-order valence-corrected chi connectivity index (χ3v) is 7.16.